The average Bonchev–Trinajstić information content (AvgIpc) is 2.56. The van der Waals surface area contributed by atoms with Crippen LogP contribution >= 0.6 is 0 Å². The Bertz CT molecular complexity index is 554. The van der Waals surface area contributed by atoms with E-state index in [1.165, 1.54) is 6.20 Å². The molecule has 0 N–H and O–H groups in total. The van der Waals surface area contributed by atoms with Gasteiger partial charge in [0.25, 0.3) is 0 Å². The van der Waals surface area contributed by atoms with Crippen LogP contribution in [0.4, 0.5) is 13.2 Å². The standard InChI is InChI=1S/C9H7F3N2.CO2/c1-6-5-14-3-2-7(9(10,11)12)4-8(14)13-6;2-1-3/h2-5H,1H3;. The molecule has 2 aromatic rings. The van der Waals surface area contributed by atoms with E-state index in [4.69, 9.17) is 9.59 Å². The minimum Gasteiger partial charge on any atom is -0.307 e. The third-order valence-corrected chi connectivity index (χ3v) is 1.91. The lowest BCUT2D eigenvalue weighted by Gasteiger charge is -2.05. The van der Waals surface area contributed by atoms with E-state index in [0.29, 0.717) is 11.3 Å². The fourth-order valence-corrected chi connectivity index (χ4v) is 1.29. The summed E-state index contributed by atoms with van der Waals surface area (Å²) >= 11 is 0. The first-order chi connectivity index (χ1) is 7.88. The van der Waals surface area contributed by atoms with E-state index < -0.39 is 11.7 Å². The van der Waals surface area contributed by atoms with Crippen LogP contribution in [0.25, 0.3) is 5.65 Å². The molecule has 0 saturated heterocycles. The lowest BCUT2D eigenvalue weighted by molar-refractivity contribution is -0.191. The fraction of sp³-hybridized carbons (Fsp3) is 0.200. The molecule has 4 nitrogen and oxygen atoms in total. The molecular formula is C10H7F3N2O2. The number of hydrogen-bond acceptors (Lipinski definition) is 3. The second-order valence-corrected chi connectivity index (χ2v) is 3.14. The number of alkyl halides is 3. The van der Waals surface area contributed by atoms with Gasteiger partial charge in [-0.15, -0.1) is 0 Å². The number of rotatable bonds is 0. The van der Waals surface area contributed by atoms with Crippen molar-refractivity contribution in [2.45, 2.75) is 13.1 Å². The molecule has 0 aliphatic rings. The molecule has 2 rings (SSSR count). The van der Waals surface area contributed by atoms with Crippen molar-refractivity contribution in [3.63, 3.8) is 0 Å². The normalized spacial score (nSPS) is 10.6. The molecule has 0 aromatic carbocycles. The van der Waals surface area contributed by atoms with E-state index >= 15 is 0 Å². The topological polar surface area (TPSA) is 51.4 Å². The molecule has 2 aromatic heterocycles. The minimum absolute atomic E-state index is 0.250. The highest BCUT2D eigenvalue weighted by Crippen LogP contribution is 2.29. The van der Waals surface area contributed by atoms with Gasteiger partial charge >= 0.3 is 12.3 Å². The molecule has 0 radical (unpaired) electrons. The quantitative estimate of drug-likeness (QED) is 0.712. The second kappa shape index (κ2) is 4.80. The van der Waals surface area contributed by atoms with Gasteiger partial charge in [-0.2, -0.15) is 22.8 Å². The zero-order valence-corrected chi connectivity index (χ0v) is 8.65. The largest absolute Gasteiger partial charge is 0.416 e. The van der Waals surface area contributed by atoms with Gasteiger partial charge in [0, 0.05) is 12.4 Å². The molecule has 90 valence electrons. The van der Waals surface area contributed by atoms with Crippen molar-refractivity contribution in [3.05, 3.63) is 35.8 Å². The molecule has 0 fully saturated rings. The highest BCUT2D eigenvalue weighted by molar-refractivity contribution is 5.43. The van der Waals surface area contributed by atoms with Crippen LogP contribution in [0.1, 0.15) is 11.3 Å². The van der Waals surface area contributed by atoms with Gasteiger partial charge in [0.05, 0.1) is 11.3 Å². The summed E-state index contributed by atoms with van der Waals surface area (Å²) in [6.07, 6.45) is -1.02. The Kier molecular flexibility index (Phi) is 3.65. The highest BCUT2D eigenvalue weighted by atomic mass is 19.4. The van der Waals surface area contributed by atoms with Crippen LogP contribution in [0.15, 0.2) is 24.5 Å². The number of fused-ring (bicyclic) bond motifs is 1. The molecule has 0 spiro atoms. The molecule has 0 bridgehead atoms. The molecule has 0 saturated carbocycles. The van der Waals surface area contributed by atoms with Gasteiger partial charge in [0.15, 0.2) is 0 Å². The second-order valence-electron chi connectivity index (χ2n) is 3.14. The Morgan fingerprint density at radius 3 is 2.47 bits per heavy atom. The minimum atomic E-state index is -4.30. The number of nitrogens with zero attached hydrogens (tertiary/aromatic N) is 2. The molecular weight excluding hydrogens is 237 g/mol. The first-order valence-corrected chi connectivity index (χ1v) is 4.40. The fourth-order valence-electron chi connectivity index (χ4n) is 1.29. The first-order valence-electron chi connectivity index (χ1n) is 4.40. The third kappa shape index (κ3) is 3.15. The summed E-state index contributed by atoms with van der Waals surface area (Å²) in [5, 5.41) is 0. The van der Waals surface area contributed by atoms with Gasteiger partial charge in [-0.1, -0.05) is 0 Å². The highest BCUT2D eigenvalue weighted by Gasteiger charge is 2.30. The SMILES string of the molecule is Cc1cn2ccc(C(F)(F)F)cc2n1.O=C=O. The maximum absolute atomic E-state index is 12.3. The Labute approximate surface area is 93.7 Å². The summed E-state index contributed by atoms with van der Waals surface area (Å²) in [6.45, 7) is 1.74. The van der Waals surface area contributed by atoms with Gasteiger partial charge in [-0.25, -0.2) is 4.98 Å². The smallest absolute Gasteiger partial charge is 0.307 e. The predicted molar refractivity (Wildman–Crippen MR) is 49.9 cm³/mol. The molecule has 0 amide bonds. The van der Waals surface area contributed by atoms with Crippen LogP contribution in [-0.4, -0.2) is 15.5 Å². The van der Waals surface area contributed by atoms with E-state index in [-0.39, 0.29) is 6.15 Å². The number of hydrogen-bond donors (Lipinski definition) is 0. The first kappa shape index (κ1) is 12.9. The zero-order valence-electron chi connectivity index (χ0n) is 8.65. The lowest BCUT2D eigenvalue weighted by atomic mass is 10.2. The van der Waals surface area contributed by atoms with Crippen molar-refractivity contribution >= 4 is 11.8 Å². The Hall–Kier alpha value is -2.14. The average molecular weight is 244 g/mol. The van der Waals surface area contributed by atoms with Crippen LogP contribution in [0.5, 0.6) is 0 Å². The van der Waals surface area contributed by atoms with Crippen molar-refractivity contribution < 1.29 is 22.8 Å². The summed E-state index contributed by atoms with van der Waals surface area (Å²) in [4.78, 5) is 20.2. The van der Waals surface area contributed by atoms with Gasteiger partial charge < -0.3 is 4.40 Å². The number of imidazole rings is 1. The molecule has 7 heteroatoms. The van der Waals surface area contributed by atoms with E-state index in [0.717, 1.165) is 12.1 Å². The molecule has 17 heavy (non-hydrogen) atoms. The van der Waals surface area contributed by atoms with Crippen molar-refractivity contribution in [2.75, 3.05) is 0 Å². The van der Waals surface area contributed by atoms with Crippen LogP contribution in [-0.2, 0) is 15.8 Å². The summed E-state index contributed by atoms with van der Waals surface area (Å²) < 4.78 is 38.4. The summed E-state index contributed by atoms with van der Waals surface area (Å²) in [5.41, 5.74) is 0.345. The Morgan fingerprint density at radius 1 is 1.35 bits per heavy atom. The summed E-state index contributed by atoms with van der Waals surface area (Å²) in [7, 11) is 0. The van der Waals surface area contributed by atoms with E-state index in [1.807, 2.05) is 0 Å². The van der Waals surface area contributed by atoms with E-state index in [9.17, 15) is 13.2 Å². The van der Waals surface area contributed by atoms with Crippen LogP contribution in [0, 0.1) is 6.92 Å². The van der Waals surface area contributed by atoms with E-state index in [2.05, 4.69) is 4.98 Å². The van der Waals surface area contributed by atoms with Crippen molar-refractivity contribution in [2.24, 2.45) is 0 Å². The van der Waals surface area contributed by atoms with Gasteiger partial charge in [0.1, 0.15) is 5.65 Å². The monoisotopic (exact) mass is 244 g/mol. The van der Waals surface area contributed by atoms with Crippen LogP contribution < -0.4 is 0 Å². The van der Waals surface area contributed by atoms with Gasteiger partial charge in [0.2, 0.25) is 0 Å². The number of aryl methyl sites for hydroxylation is 1. The number of halogens is 3. The van der Waals surface area contributed by atoms with E-state index in [1.54, 1.807) is 17.5 Å². The number of pyridine rings is 1. The Balaban J connectivity index is 0.000000437. The van der Waals surface area contributed by atoms with Crippen molar-refractivity contribution in [1.82, 2.24) is 9.38 Å². The summed E-state index contributed by atoms with van der Waals surface area (Å²) in [6, 6.07) is 2.07. The summed E-state index contributed by atoms with van der Waals surface area (Å²) in [5.74, 6) is 0. The van der Waals surface area contributed by atoms with Gasteiger partial charge in [-0.3, -0.25) is 0 Å². The molecule has 0 atom stereocenters. The van der Waals surface area contributed by atoms with Crippen molar-refractivity contribution in [1.29, 1.82) is 0 Å². The van der Waals surface area contributed by atoms with Gasteiger partial charge in [-0.05, 0) is 19.1 Å². The van der Waals surface area contributed by atoms with Crippen LogP contribution in [0.3, 0.4) is 0 Å². The lowest BCUT2D eigenvalue weighted by Crippen LogP contribution is -2.05. The number of carbonyl (C=O) groups excluding carboxylic acids is 2. The van der Waals surface area contributed by atoms with Crippen molar-refractivity contribution in [3.8, 4) is 0 Å². The Morgan fingerprint density at radius 2 is 1.94 bits per heavy atom. The number of aromatic nitrogens is 2. The zero-order chi connectivity index (χ0) is 13.1. The molecule has 0 aliphatic heterocycles. The maximum Gasteiger partial charge on any atom is 0.416 e. The maximum atomic E-state index is 12.3. The predicted octanol–water partition coefficient (Wildman–Crippen LogP) is 2.08. The molecule has 0 aliphatic carbocycles. The molecule has 2 heterocycles. The molecule has 0 unspecified atom stereocenters. The third-order valence-electron chi connectivity index (χ3n) is 1.91. The van der Waals surface area contributed by atoms with Crippen LogP contribution in [0.2, 0.25) is 0 Å².